The van der Waals surface area contributed by atoms with Crippen LogP contribution in [0.4, 0.5) is 11.5 Å². The Bertz CT molecular complexity index is 812. The standard InChI is InChI=1S/C15H17N3O4S/c1-11-10-14(16-22-11)17-23(20,21)13-7-5-12(6-8-13)18-9-3-2-4-15(18)19/h5-8,10H,2-4,9H2,1H3,(H,16,17). The number of piperidine rings is 1. The van der Waals surface area contributed by atoms with Crippen LogP contribution >= 0.6 is 0 Å². The highest BCUT2D eigenvalue weighted by atomic mass is 32.2. The molecule has 23 heavy (non-hydrogen) atoms. The zero-order valence-corrected chi connectivity index (χ0v) is 13.5. The van der Waals surface area contributed by atoms with Crippen molar-refractivity contribution in [2.45, 2.75) is 31.1 Å². The Morgan fingerprint density at radius 1 is 1.22 bits per heavy atom. The van der Waals surface area contributed by atoms with Gasteiger partial charge in [-0.1, -0.05) is 5.16 Å². The molecule has 1 aromatic heterocycles. The second-order valence-corrected chi connectivity index (χ2v) is 7.11. The monoisotopic (exact) mass is 335 g/mol. The summed E-state index contributed by atoms with van der Waals surface area (Å²) >= 11 is 0. The SMILES string of the molecule is Cc1cc(NS(=O)(=O)c2ccc(N3CCCCC3=O)cc2)no1. The quantitative estimate of drug-likeness (QED) is 0.925. The van der Waals surface area contributed by atoms with Gasteiger partial charge in [0.25, 0.3) is 10.0 Å². The molecule has 7 nitrogen and oxygen atoms in total. The topological polar surface area (TPSA) is 92.5 Å². The number of carbonyl (C=O) groups excluding carboxylic acids is 1. The van der Waals surface area contributed by atoms with Gasteiger partial charge in [-0.15, -0.1) is 0 Å². The highest BCUT2D eigenvalue weighted by Crippen LogP contribution is 2.23. The molecule has 1 saturated heterocycles. The molecule has 3 rings (SSSR count). The van der Waals surface area contributed by atoms with Crippen LogP contribution in [-0.2, 0) is 14.8 Å². The summed E-state index contributed by atoms with van der Waals surface area (Å²) in [6, 6.07) is 7.75. The third-order valence-corrected chi connectivity index (χ3v) is 5.02. The first kappa shape index (κ1) is 15.5. The first-order valence-electron chi connectivity index (χ1n) is 7.32. The summed E-state index contributed by atoms with van der Waals surface area (Å²) in [6.07, 6.45) is 2.40. The zero-order chi connectivity index (χ0) is 16.4. The molecule has 0 atom stereocenters. The van der Waals surface area contributed by atoms with E-state index in [2.05, 4.69) is 9.88 Å². The van der Waals surface area contributed by atoms with Crippen LogP contribution in [0.1, 0.15) is 25.0 Å². The number of aryl methyl sites for hydroxylation is 1. The molecule has 0 radical (unpaired) electrons. The maximum absolute atomic E-state index is 12.3. The van der Waals surface area contributed by atoms with Crippen LogP contribution in [0.15, 0.2) is 39.8 Å². The Morgan fingerprint density at radius 3 is 2.57 bits per heavy atom. The molecule has 1 aromatic carbocycles. The molecule has 1 aliphatic heterocycles. The first-order chi connectivity index (χ1) is 11.0. The number of benzene rings is 1. The van der Waals surface area contributed by atoms with Crippen molar-refractivity contribution in [2.24, 2.45) is 0 Å². The van der Waals surface area contributed by atoms with Gasteiger partial charge in [0.05, 0.1) is 4.90 Å². The van der Waals surface area contributed by atoms with Crippen LogP contribution < -0.4 is 9.62 Å². The summed E-state index contributed by atoms with van der Waals surface area (Å²) in [5.41, 5.74) is 0.714. The van der Waals surface area contributed by atoms with Crippen molar-refractivity contribution in [3.63, 3.8) is 0 Å². The molecule has 1 amide bonds. The van der Waals surface area contributed by atoms with E-state index >= 15 is 0 Å². The van der Waals surface area contributed by atoms with Gasteiger partial charge in [0, 0.05) is 24.7 Å². The average Bonchev–Trinajstić information content (AvgIpc) is 2.92. The van der Waals surface area contributed by atoms with Crippen LogP contribution in [0.2, 0.25) is 0 Å². The molecule has 1 aliphatic rings. The predicted octanol–water partition coefficient (Wildman–Crippen LogP) is 2.30. The second kappa shape index (κ2) is 6.04. The lowest BCUT2D eigenvalue weighted by Crippen LogP contribution is -2.35. The molecule has 0 spiro atoms. The number of anilines is 2. The minimum Gasteiger partial charge on any atom is -0.360 e. The van der Waals surface area contributed by atoms with E-state index in [1.807, 2.05) is 0 Å². The fourth-order valence-electron chi connectivity index (χ4n) is 2.50. The summed E-state index contributed by atoms with van der Waals surface area (Å²) in [6.45, 7) is 2.34. The first-order valence-corrected chi connectivity index (χ1v) is 8.80. The minimum atomic E-state index is -3.74. The Balaban J connectivity index is 1.79. The molecule has 122 valence electrons. The van der Waals surface area contributed by atoms with E-state index < -0.39 is 10.0 Å². The largest absolute Gasteiger partial charge is 0.360 e. The number of hydrogen-bond donors (Lipinski definition) is 1. The Morgan fingerprint density at radius 2 is 1.96 bits per heavy atom. The minimum absolute atomic E-state index is 0.0723. The maximum atomic E-state index is 12.3. The smallest absolute Gasteiger partial charge is 0.263 e. The number of nitrogens with one attached hydrogen (secondary N) is 1. The van der Waals surface area contributed by atoms with Gasteiger partial charge in [0.1, 0.15) is 5.76 Å². The number of hydrogen-bond acceptors (Lipinski definition) is 5. The Kier molecular flexibility index (Phi) is 4.08. The van der Waals surface area contributed by atoms with Gasteiger partial charge < -0.3 is 9.42 Å². The van der Waals surface area contributed by atoms with Gasteiger partial charge >= 0.3 is 0 Å². The molecule has 0 saturated carbocycles. The van der Waals surface area contributed by atoms with Gasteiger partial charge in [-0.2, -0.15) is 0 Å². The Hall–Kier alpha value is -2.35. The summed E-state index contributed by atoms with van der Waals surface area (Å²) in [5.74, 6) is 0.725. The zero-order valence-electron chi connectivity index (χ0n) is 12.7. The van der Waals surface area contributed by atoms with Gasteiger partial charge in [0.15, 0.2) is 5.82 Å². The van der Waals surface area contributed by atoms with E-state index in [1.165, 1.54) is 18.2 Å². The molecule has 2 aromatic rings. The number of amides is 1. The van der Waals surface area contributed by atoms with E-state index in [0.29, 0.717) is 24.4 Å². The molecule has 8 heteroatoms. The molecule has 2 heterocycles. The van der Waals surface area contributed by atoms with Gasteiger partial charge in [-0.25, -0.2) is 8.42 Å². The Labute approximate surface area is 134 Å². The van der Waals surface area contributed by atoms with Crippen molar-refractivity contribution in [2.75, 3.05) is 16.2 Å². The van der Waals surface area contributed by atoms with Crippen LogP contribution in [0.5, 0.6) is 0 Å². The lowest BCUT2D eigenvalue weighted by molar-refractivity contribution is -0.119. The van der Waals surface area contributed by atoms with Gasteiger partial charge in [-0.05, 0) is 44.0 Å². The molecule has 1 N–H and O–H groups in total. The maximum Gasteiger partial charge on any atom is 0.263 e. The van der Waals surface area contributed by atoms with E-state index in [9.17, 15) is 13.2 Å². The number of nitrogens with zero attached hydrogens (tertiary/aromatic N) is 2. The van der Waals surface area contributed by atoms with Crippen molar-refractivity contribution in [3.05, 3.63) is 36.1 Å². The van der Waals surface area contributed by atoms with Crippen molar-refractivity contribution in [3.8, 4) is 0 Å². The normalized spacial score (nSPS) is 15.7. The van der Waals surface area contributed by atoms with E-state index in [1.54, 1.807) is 24.0 Å². The molecule has 0 unspecified atom stereocenters. The molecular weight excluding hydrogens is 318 g/mol. The second-order valence-electron chi connectivity index (χ2n) is 5.42. The summed E-state index contributed by atoms with van der Waals surface area (Å²) in [4.78, 5) is 13.7. The number of carbonyl (C=O) groups is 1. The summed E-state index contributed by atoms with van der Waals surface area (Å²) in [7, 11) is -3.74. The van der Waals surface area contributed by atoms with E-state index in [-0.39, 0.29) is 16.6 Å². The fourth-order valence-corrected chi connectivity index (χ4v) is 3.48. The summed E-state index contributed by atoms with van der Waals surface area (Å²) in [5, 5.41) is 3.61. The molecular formula is C15H17N3O4S. The highest BCUT2D eigenvalue weighted by Gasteiger charge is 2.21. The van der Waals surface area contributed by atoms with Crippen molar-refractivity contribution < 1.29 is 17.7 Å². The van der Waals surface area contributed by atoms with Crippen LogP contribution in [0.3, 0.4) is 0 Å². The van der Waals surface area contributed by atoms with Crippen LogP contribution in [-0.4, -0.2) is 26.0 Å². The molecule has 0 bridgehead atoms. The predicted molar refractivity (Wildman–Crippen MR) is 84.7 cm³/mol. The molecule has 1 fully saturated rings. The van der Waals surface area contributed by atoms with E-state index in [0.717, 1.165) is 12.8 Å². The summed E-state index contributed by atoms with van der Waals surface area (Å²) < 4.78 is 31.8. The third kappa shape index (κ3) is 3.37. The number of sulfonamides is 1. The van der Waals surface area contributed by atoms with Gasteiger partial charge in [-0.3, -0.25) is 9.52 Å². The van der Waals surface area contributed by atoms with Crippen molar-refractivity contribution in [1.29, 1.82) is 0 Å². The van der Waals surface area contributed by atoms with E-state index in [4.69, 9.17) is 4.52 Å². The third-order valence-electron chi connectivity index (χ3n) is 3.65. The fraction of sp³-hybridized carbons (Fsp3) is 0.333. The van der Waals surface area contributed by atoms with Crippen LogP contribution in [0.25, 0.3) is 0 Å². The number of aromatic nitrogens is 1. The van der Waals surface area contributed by atoms with Crippen LogP contribution in [0, 0.1) is 6.92 Å². The highest BCUT2D eigenvalue weighted by molar-refractivity contribution is 7.92. The van der Waals surface area contributed by atoms with Crippen molar-refractivity contribution in [1.82, 2.24) is 5.16 Å². The lowest BCUT2D eigenvalue weighted by Gasteiger charge is -2.26. The lowest BCUT2D eigenvalue weighted by atomic mass is 10.1. The number of rotatable bonds is 4. The van der Waals surface area contributed by atoms with Crippen molar-refractivity contribution >= 4 is 27.4 Å². The molecule has 0 aliphatic carbocycles. The van der Waals surface area contributed by atoms with Gasteiger partial charge in [0.2, 0.25) is 5.91 Å². The average molecular weight is 335 g/mol.